The van der Waals surface area contributed by atoms with Gasteiger partial charge in [-0.1, -0.05) is 34.1 Å². The van der Waals surface area contributed by atoms with E-state index in [1.54, 1.807) is 6.07 Å². The van der Waals surface area contributed by atoms with Gasteiger partial charge in [0.25, 0.3) is 0 Å². The fourth-order valence-electron chi connectivity index (χ4n) is 1.31. The molecule has 0 spiro atoms. The molecule has 72 valence electrons. The molecule has 0 saturated heterocycles. The van der Waals surface area contributed by atoms with Gasteiger partial charge in [-0.2, -0.15) is 5.26 Å². The number of hydrogen-bond acceptors (Lipinski definition) is 2. The molecule has 0 atom stereocenters. The summed E-state index contributed by atoms with van der Waals surface area (Å²) in [6, 6.07) is 15.3. The molecule has 2 aromatic rings. The molecule has 0 bridgehead atoms. The summed E-state index contributed by atoms with van der Waals surface area (Å²) in [6.45, 7) is 0. The van der Waals surface area contributed by atoms with Crippen LogP contribution in [0.25, 0.3) is 11.3 Å². The van der Waals surface area contributed by atoms with Gasteiger partial charge >= 0.3 is 0 Å². The first-order chi connectivity index (χ1) is 7.29. The van der Waals surface area contributed by atoms with Crippen molar-refractivity contribution in [2.45, 2.75) is 0 Å². The van der Waals surface area contributed by atoms with Gasteiger partial charge in [0, 0.05) is 10.0 Å². The standard InChI is InChI=1S/C12H7BrN2/c13-10-4-1-3-9(7-10)12-6-2-5-11(8-14)15-12/h1-7H. The van der Waals surface area contributed by atoms with Crippen molar-refractivity contribution in [3.8, 4) is 17.3 Å². The van der Waals surface area contributed by atoms with E-state index in [0.717, 1.165) is 15.7 Å². The Kier molecular flexibility index (Phi) is 2.79. The summed E-state index contributed by atoms with van der Waals surface area (Å²) in [7, 11) is 0. The zero-order valence-electron chi connectivity index (χ0n) is 7.81. The second-order valence-corrected chi connectivity index (χ2v) is 3.95. The van der Waals surface area contributed by atoms with Crippen LogP contribution >= 0.6 is 15.9 Å². The minimum atomic E-state index is 0.437. The molecule has 0 aliphatic carbocycles. The Bertz CT molecular complexity index is 529. The summed E-state index contributed by atoms with van der Waals surface area (Å²) >= 11 is 3.40. The number of rotatable bonds is 1. The van der Waals surface area contributed by atoms with E-state index >= 15 is 0 Å². The third-order valence-corrected chi connectivity index (χ3v) is 2.48. The van der Waals surface area contributed by atoms with Crippen LogP contribution in [-0.2, 0) is 0 Å². The lowest BCUT2D eigenvalue weighted by Gasteiger charge is -2.01. The predicted octanol–water partition coefficient (Wildman–Crippen LogP) is 3.38. The first-order valence-corrected chi connectivity index (χ1v) is 5.22. The lowest BCUT2D eigenvalue weighted by molar-refractivity contribution is 1.26. The normalized spacial score (nSPS) is 9.60. The van der Waals surface area contributed by atoms with Crippen molar-refractivity contribution in [2.24, 2.45) is 0 Å². The summed E-state index contributed by atoms with van der Waals surface area (Å²) in [5.41, 5.74) is 2.25. The van der Waals surface area contributed by atoms with Gasteiger partial charge < -0.3 is 0 Å². The second kappa shape index (κ2) is 4.24. The maximum Gasteiger partial charge on any atom is 0.141 e. The summed E-state index contributed by atoms with van der Waals surface area (Å²) in [6.07, 6.45) is 0. The van der Waals surface area contributed by atoms with Crippen LogP contribution in [0.1, 0.15) is 5.69 Å². The number of aromatic nitrogens is 1. The number of nitrogens with zero attached hydrogens (tertiary/aromatic N) is 2. The zero-order valence-corrected chi connectivity index (χ0v) is 9.40. The molecule has 1 aromatic heterocycles. The molecule has 2 nitrogen and oxygen atoms in total. The van der Waals surface area contributed by atoms with Crippen LogP contribution in [0.5, 0.6) is 0 Å². The molecule has 0 N–H and O–H groups in total. The largest absolute Gasteiger partial charge is 0.237 e. The van der Waals surface area contributed by atoms with Crippen molar-refractivity contribution in [3.63, 3.8) is 0 Å². The van der Waals surface area contributed by atoms with E-state index in [2.05, 4.69) is 20.9 Å². The Morgan fingerprint density at radius 3 is 2.67 bits per heavy atom. The number of benzene rings is 1. The molecule has 1 heterocycles. The Balaban J connectivity index is 2.50. The molecule has 0 fully saturated rings. The van der Waals surface area contributed by atoms with E-state index in [0.29, 0.717) is 5.69 Å². The van der Waals surface area contributed by atoms with Crippen LogP contribution in [0, 0.1) is 11.3 Å². The minimum Gasteiger partial charge on any atom is -0.237 e. The first-order valence-electron chi connectivity index (χ1n) is 4.43. The molecule has 0 radical (unpaired) electrons. The van der Waals surface area contributed by atoms with Crippen LogP contribution in [0.15, 0.2) is 46.9 Å². The smallest absolute Gasteiger partial charge is 0.141 e. The van der Waals surface area contributed by atoms with E-state index < -0.39 is 0 Å². The molecule has 0 unspecified atom stereocenters. The molecule has 2 rings (SSSR count). The highest BCUT2D eigenvalue weighted by Crippen LogP contribution is 2.21. The molecule has 0 aliphatic rings. The van der Waals surface area contributed by atoms with Gasteiger partial charge in [0.1, 0.15) is 11.8 Å². The maximum absolute atomic E-state index is 8.74. The highest BCUT2D eigenvalue weighted by Gasteiger charge is 2.00. The van der Waals surface area contributed by atoms with Gasteiger partial charge in [-0.25, -0.2) is 4.98 Å². The maximum atomic E-state index is 8.74. The Hall–Kier alpha value is -1.66. The van der Waals surface area contributed by atoms with Crippen LogP contribution in [0.2, 0.25) is 0 Å². The number of nitriles is 1. The molecule has 3 heteroatoms. The predicted molar refractivity (Wildman–Crippen MR) is 62.1 cm³/mol. The van der Waals surface area contributed by atoms with Gasteiger partial charge in [0.2, 0.25) is 0 Å². The third kappa shape index (κ3) is 2.23. The van der Waals surface area contributed by atoms with Gasteiger partial charge in [0.15, 0.2) is 0 Å². The van der Waals surface area contributed by atoms with Crippen molar-refractivity contribution in [3.05, 3.63) is 52.6 Å². The SMILES string of the molecule is N#Cc1cccc(-c2cccc(Br)c2)n1. The molecule has 1 aromatic carbocycles. The fourth-order valence-corrected chi connectivity index (χ4v) is 1.70. The van der Waals surface area contributed by atoms with Crippen LogP contribution in [0.3, 0.4) is 0 Å². The first kappa shape index (κ1) is 9.88. The summed E-state index contributed by atoms with van der Waals surface area (Å²) in [5, 5.41) is 8.74. The van der Waals surface area contributed by atoms with Gasteiger partial charge in [0.05, 0.1) is 5.69 Å². The van der Waals surface area contributed by atoms with E-state index in [1.165, 1.54) is 0 Å². The minimum absolute atomic E-state index is 0.437. The zero-order chi connectivity index (χ0) is 10.7. The van der Waals surface area contributed by atoms with E-state index in [4.69, 9.17) is 5.26 Å². The Morgan fingerprint density at radius 2 is 1.93 bits per heavy atom. The van der Waals surface area contributed by atoms with Crippen molar-refractivity contribution >= 4 is 15.9 Å². The molecular formula is C12H7BrN2. The number of pyridine rings is 1. The van der Waals surface area contributed by atoms with E-state index in [-0.39, 0.29) is 0 Å². The van der Waals surface area contributed by atoms with Gasteiger partial charge in [-0.3, -0.25) is 0 Å². The summed E-state index contributed by atoms with van der Waals surface area (Å²) in [4.78, 5) is 4.22. The van der Waals surface area contributed by atoms with E-state index in [1.807, 2.05) is 42.5 Å². The molecule has 0 saturated carbocycles. The Labute approximate surface area is 96.3 Å². The van der Waals surface area contributed by atoms with Crippen molar-refractivity contribution in [1.29, 1.82) is 5.26 Å². The Morgan fingerprint density at radius 1 is 1.13 bits per heavy atom. The van der Waals surface area contributed by atoms with Crippen molar-refractivity contribution in [2.75, 3.05) is 0 Å². The lowest BCUT2D eigenvalue weighted by Crippen LogP contribution is -1.86. The number of hydrogen-bond donors (Lipinski definition) is 0. The molecule has 0 amide bonds. The number of halogens is 1. The highest BCUT2D eigenvalue weighted by atomic mass is 79.9. The van der Waals surface area contributed by atoms with Crippen molar-refractivity contribution in [1.82, 2.24) is 4.98 Å². The van der Waals surface area contributed by atoms with Crippen molar-refractivity contribution < 1.29 is 0 Å². The molecule has 15 heavy (non-hydrogen) atoms. The second-order valence-electron chi connectivity index (χ2n) is 3.03. The summed E-state index contributed by atoms with van der Waals surface area (Å²) in [5.74, 6) is 0. The molecular weight excluding hydrogens is 252 g/mol. The fraction of sp³-hybridized carbons (Fsp3) is 0. The summed E-state index contributed by atoms with van der Waals surface area (Å²) < 4.78 is 1.00. The van der Waals surface area contributed by atoms with Crippen LogP contribution in [0.4, 0.5) is 0 Å². The quantitative estimate of drug-likeness (QED) is 0.787. The van der Waals surface area contributed by atoms with Gasteiger partial charge in [-0.05, 0) is 24.3 Å². The highest BCUT2D eigenvalue weighted by molar-refractivity contribution is 9.10. The lowest BCUT2D eigenvalue weighted by atomic mass is 10.1. The average molecular weight is 259 g/mol. The van der Waals surface area contributed by atoms with Crippen LogP contribution in [-0.4, -0.2) is 4.98 Å². The monoisotopic (exact) mass is 258 g/mol. The third-order valence-electron chi connectivity index (χ3n) is 1.98. The van der Waals surface area contributed by atoms with E-state index in [9.17, 15) is 0 Å². The average Bonchev–Trinajstić information content (AvgIpc) is 2.29. The molecule has 0 aliphatic heterocycles. The van der Waals surface area contributed by atoms with Crippen LogP contribution < -0.4 is 0 Å². The topological polar surface area (TPSA) is 36.7 Å². The van der Waals surface area contributed by atoms with Gasteiger partial charge in [-0.15, -0.1) is 0 Å².